The van der Waals surface area contributed by atoms with E-state index in [1.807, 2.05) is 29.9 Å². The molecule has 0 spiro atoms. The quantitative estimate of drug-likeness (QED) is 0.572. The number of pyridine rings is 1. The zero-order valence-electron chi connectivity index (χ0n) is 19.0. The summed E-state index contributed by atoms with van der Waals surface area (Å²) in [6.07, 6.45) is 7.71. The van der Waals surface area contributed by atoms with Crippen LogP contribution in [0.5, 0.6) is 0 Å². The molecule has 2 aromatic heterocycles. The molecule has 1 amide bonds. The Hall–Kier alpha value is -2.86. The summed E-state index contributed by atoms with van der Waals surface area (Å²) in [4.78, 5) is 37.9. The number of esters is 1. The van der Waals surface area contributed by atoms with Crippen molar-refractivity contribution < 1.29 is 14.3 Å². The smallest absolute Gasteiger partial charge is 0.344 e. The van der Waals surface area contributed by atoms with Gasteiger partial charge in [-0.05, 0) is 67.9 Å². The van der Waals surface area contributed by atoms with Gasteiger partial charge < -0.3 is 19.2 Å². The largest absolute Gasteiger partial charge is 0.452 e. The van der Waals surface area contributed by atoms with Gasteiger partial charge in [0.2, 0.25) is 5.43 Å². The van der Waals surface area contributed by atoms with Crippen LogP contribution in [0.2, 0.25) is 0 Å². The van der Waals surface area contributed by atoms with Crippen LogP contribution in [0.3, 0.4) is 0 Å². The van der Waals surface area contributed by atoms with Gasteiger partial charge in [0.05, 0.1) is 10.0 Å². The molecule has 2 heterocycles. The third kappa shape index (κ3) is 4.36. The number of nitrogens with one attached hydrogen (secondary N) is 1. The number of hydrogen-bond acceptors (Lipinski definition) is 5. The Kier molecular flexibility index (Phi) is 6.48. The summed E-state index contributed by atoms with van der Waals surface area (Å²) < 4.78 is 9.46. The number of carbonyl (C=O) groups is 2. The van der Waals surface area contributed by atoms with Crippen molar-refractivity contribution in [3.05, 3.63) is 49.0 Å². The van der Waals surface area contributed by atoms with Crippen LogP contribution >= 0.6 is 15.9 Å². The lowest BCUT2D eigenvalue weighted by Crippen LogP contribution is -2.27. The molecule has 0 aromatic carbocycles. The van der Waals surface area contributed by atoms with Gasteiger partial charge in [-0.25, -0.2) is 4.79 Å². The number of anilines is 1. The molecule has 174 valence electrons. The first kappa shape index (κ1) is 23.3. The van der Waals surface area contributed by atoms with E-state index >= 15 is 0 Å². The molecule has 0 bridgehead atoms. The fourth-order valence-corrected chi connectivity index (χ4v) is 5.07. The van der Waals surface area contributed by atoms with Crippen molar-refractivity contribution in [3.63, 3.8) is 0 Å². The van der Waals surface area contributed by atoms with E-state index in [1.165, 1.54) is 6.20 Å². The molecule has 0 aliphatic heterocycles. The van der Waals surface area contributed by atoms with Crippen LogP contribution in [-0.4, -0.2) is 27.6 Å². The maximum atomic E-state index is 12.7. The zero-order valence-corrected chi connectivity index (χ0v) is 20.6. The summed E-state index contributed by atoms with van der Waals surface area (Å²) in [6.45, 7) is 5.09. The number of rotatable bonds is 6. The number of nitrogens with zero attached hydrogens (tertiary/aromatic N) is 3. The van der Waals surface area contributed by atoms with Crippen molar-refractivity contribution in [3.8, 4) is 6.07 Å². The molecule has 2 aromatic rings. The Morgan fingerprint density at radius 1 is 1.15 bits per heavy atom. The first-order valence-corrected chi connectivity index (χ1v) is 12.0. The van der Waals surface area contributed by atoms with Gasteiger partial charge in [0.15, 0.2) is 6.61 Å². The van der Waals surface area contributed by atoms with E-state index in [4.69, 9.17) is 4.74 Å². The van der Waals surface area contributed by atoms with Gasteiger partial charge in [0.25, 0.3) is 5.91 Å². The molecule has 4 rings (SSSR count). The van der Waals surface area contributed by atoms with E-state index in [2.05, 4.69) is 27.3 Å². The van der Waals surface area contributed by atoms with Gasteiger partial charge in [-0.3, -0.25) is 9.59 Å². The number of carbonyl (C=O) groups excluding carboxylic acids is 2. The maximum Gasteiger partial charge on any atom is 0.344 e. The molecule has 2 saturated carbocycles. The van der Waals surface area contributed by atoms with Crippen LogP contribution < -0.4 is 10.7 Å². The Balaban J connectivity index is 1.51. The Bertz CT molecular complexity index is 1230. The molecule has 2 fully saturated rings. The van der Waals surface area contributed by atoms with Crippen LogP contribution in [-0.2, 0) is 9.53 Å². The molecular weight excluding hydrogens is 488 g/mol. The molecule has 8 nitrogen and oxygen atoms in total. The van der Waals surface area contributed by atoms with Gasteiger partial charge in [0, 0.05) is 29.7 Å². The third-order valence-corrected chi connectivity index (χ3v) is 7.66. The van der Waals surface area contributed by atoms with Crippen LogP contribution in [0.4, 0.5) is 5.82 Å². The summed E-state index contributed by atoms with van der Waals surface area (Å²) in [5, 5.41) is 12.5. The Labute approximate surface area is 200 Å². The second-order valence-electron chi connectivity index (χ2n) is 8.89. The van der Waals surface area contributed by atoms with Gasteiger partial charge in [-0.1, -0.05) is 12.8 Å². The minimum Gasteiger partial charge on any atom is -0.452 e. The second kappa shape index (κ2) is 9.18. The van der Waals surface area contributed by atoms with Gasteiger partial charge in [-0.15, -0.1) is 0 Å². The van der Waals surface area contributed by atoms with E-state index in [0.29, 0.717) is 15.9 Å². The van der Waals surface area contributed by atoms with Gasteiger partial charge in [0.1, 0.15) is 17.5 Å². The van der Waals surface area contributed by atoms with Crippen molar-refractivity contribution in [2.75, 3.05) is 11.9 Å². The lowest BCUT2D eigenvalue weighted by molar-refractivity contribution is -0.119. The van der Waals surface area contributed by atoms with Crippen molar-refractivity contribution >= 4 is 33.6 Å². The minimum atomic E-state index is -0.843. The first-order chi connectivity index (χ1) is 15.7. The van der Waals surface area contributed by atoms with Gasteiger partial charge >= 0.3 is 5.97 Å². The second-order valence-corrected chi connectivity index (χ2v) is 9.68. The molecule has 2 aliphatic rings. The fraction of sp³-hybridized carbons (Fsp3) is 0.500. The maximum absolute atomic E-state index is 12.7. The molecule has 0 saturated heterocycles. The van der Waals surface area contributed by atoms with E-state index in [1.54, 1.807) is 0 Å². The predicted octanol–water partition coefficient (Wildman–Crippen LogP) is 4.45. The normalized spacial score (nSPS) is 16.0. The lowest BCUT2D eigenvalue weighted by Gasteiger charge is -2.19. The number of amides is 1. The summed E-state index contributed by atoms with van der Waals surface area (Å²) in [6, 6.07) is 2.70. The van der Waals surface area contributed by atoms with Crippen molar-refractivity contribution in [1.29, 1.82) is 5.26 Å². The number of nitriles is 1. The standard InChI is InChI=1S/C24H27BrN4O4/c1-13-14(2)29(17-6-4-5-7-17)23(18(13)10-26)27-20(30)12-33-24(32)19-11-28(16-8-9-16)15(3)21(25)22(19)31/h11,16-17H,4-9,12H2,1-3H3,(H,27,30). The molecule has 9 heteroatoms. The lowest BCUT2D eigenvalue weighted by atomic mass is 10.2. The van der Waals surface area contributed by atoms with E-state index < -0.39 is 23.9 Å². The molecule has 0 radical (unpaired) electrons. The summed E-state index contributed by atoms with van der Waals surface area (Å²) >= 11 is 3.28. The van der Waals surface area contributed by atoms with Crippen molar-refractivity contribution in [1.82, 2.24) is 9.13 Å². The van der Waals surface area contributed by atoms with Crippen LogP contribution in [0.25, 0.3) is 0 Å². The Morgan fingerprint density at radius 2 is 1.82 bits per heavy atom. The highest BCUT2D eigenvalue weighted by Crippen LogP contribution is 2.38. The van der Waals surface area contributed by atoms with Gasteiger partial charge in [-0.2, -0.15) is 5.26 Å². The minimum absolute atomic E-state index is 0.106. The Morgan fingerprint density at radius 3 is 2.42 bits per heavy atom. The van der Waals surface area contributed by atoms with E-state index in [-0.39, 0.29) is 17.6 Å². The molecule has 1 N–H and O–H groups in total. The van der Waals surface area contributed by atoms with Crippen molar-refractivity contribution in [2.24, 2.45) is 0 Å². The average Bonchev–Trinajstić information content (AvgIpc) is 3.44. The topological polar surface area (TPSA) is 106 Å². The zero-order chi connectivity index (χ0) is 23.9. The summed E-state index contributed by atoms with van der Waals surface area (Å²) in [5.74, 6) is -0.941. The first-order valence-electron chi connectivity index (χ1n) is 11.2. The van der Waals surface area contributed by atoms with Crippen LogP contribution in [0.1, 0.15) is 83.5 Å². The molecule has 0 atom stereocenters. The predicted molar refractivity (Wildman–Crippen MR) is 126 cm³/mol. The highest BCUT2D eigenvalue weighted by molar-refractivity contribution is 9.10. The number of aromatic nitrogens is 2. The average molecular weight is 515 g/mol. The van der Waals surface area contributed by atoms with E-state index in [9.17, 15) is 19.6 Å². The summed E-state index contributed by atoms with van der Waals surface area (Å²) in [5.41, 5.74) is 2.42. The monoisotopic (exact) mass is 514 g/mol. The van der Waals surface area contributed by atoms with E-state index in [0.717, 1.165) is 55.5 Å². The highest BCUT2D eigenvalue weighted by Gasteiger charge is 2.29. The third-order valence-electron chi connectivity index (χ3n) is 6.73. The SMILES string of the molecule is Cc1c(C#N)c(NC(=O)COC(=O)c2cn(C3CC3)c(C)c(Br)c2=O)n(C2CCCC2)c1C. The summed E-state index contributed by atoms with van der Waals surface area (Å²) in [7, 11) is 0. The number of ether oxygens (including phenoxy) is 1. The fourth-order valence-electron chi connectivity index (χ4n) is 4.65. The molecule has 2 aliphatic carbocycles. The number of halogens is 1. The molecular formula is C24H27BrN4O4. The van der Waals surface area contributed by atoms with Crippen molar-refractivity contribution in [2.45, 2.75) is 71.4 Å². The van der Waals surface area contributed by atoms with Crippen LogP contribution in [0.15, 0.2) is 15.5 Å². The van der Waals surface area contributed by atoms with Crippen LogP contribution in [0, 0.1) is 32.1 Å². The molecule has 0 unspecified atom stereocenters. The number of hydrogen-bond donors (Lipinski definition) is 1. The molecule has 33 heavy (non-hydrogen) atoms. The highest BCUT2D eigenvalue weighted by atomic mass is 79.9.